The summed E-state index contributed by atoms with van der Waals surface area (Å²) in [4.78, 5) is 30.6. The number of aryl methyl sites for hydroxylation is 1. The summed E-state index contributed by atoms with van der Waals surface area (Å²) in [5, 5.41) is 2.84. The lowest BCUT2D eigenvalue weighted by molar-refractivity contribution is 0.102. The number of amides is 1. The first-order valence-electron chi connectivity index (χ1n) is 9.19. The van der Waals surface area contributed by atoms with Gasteiger partial charge in [-0.05, 0) is 55.5 Å². The van der Waals surface area contributed by atoms with Gasteiger partial charge in [-0.2, -0.15) is 0 Å². The molecule has 0 aliphatic heterocycles. The molecular formula is C22H19N3O4S. The third kappa shape index (κ3) is 4.33. The average Bonchev–Trinajstić information content (AvgIpc) is 3.14. The molecule has 0 saturated heterocycles. The van der Waals surface area contributed by atoms with Gasteiger partial charge in [0.1, 0.15) is 18.1 Å². The van der Waals surface area contributed by atoms with Crippen LogP contribution >= 0.6 is 11.3 Å². The highest BCUT2D eigenvalue weighted by Crippen LogP contribution is 2.19. The van der Waals surface area contributed by atoms with Crippen molar-refractivity contribution in [3.63, 3.8) is 0 Å². The average molecular weight is 421 g/mol. The monoisotopic (exact) mass is 421 g/mol. The molecule has 2 heterocycles. The zero-order chi connectivity index (χ0) is 21.1. The molecule has 2 aromatic heterocycles. The van der Waals surface area contributed by atoms with Crippen LogP contribution in [0.25, 0.3) is 4.96 Å². The number of fused-ring (bicyclic) bond motifs is 1. The topological polar surface area (TPSA) is 81.9 Å². The Balaban J connectivity index is 1.38. The van der Waals surface area contributed by atoms with Crippen LogP contribution in [0.2, 0.25) is 0 Å². The molecule has 4 rings (SSSR count). The minimum absolute atomic E-state index is 0.125. The second-order valence-electron chi connectivity index (χ2n) is 6.58. The molecule has 7 nitrogen and oxygen atoms in total. The maximum Gasteiger partial charge on any atom is 0.258 e. The van der Waals surface area contributed by atoms with E-state index in [1.54, 1.807) is 61.8 Å². The fourth-order valence-corrected chi connectivity index (χ4v) is 3.72. The van der Waals surface area contributed by atoms with Crippen LogP contribution in [-0.2, 0) is 6.61 Å². The molecule has 0 bridgehead atoms. The number of ether oxygens (including phenoxy) is 2. The highest BCUT2D eigenvalue weighted by molar-refractivity contribution is 7.16. The van der Waals surface area contributed by atoms with E-state index in [2.05, 4.69) is 10.3 Å². The number of benzene rings is 2. The summed E-state index contributed by atoms with van der Waals surface area (Å²) in [6.07, 6.45) is 1.78. The van der Waals surface area contributed by atoms with E-state index in [1.165, 1.54) is 21.8 Å². The molecule has 8 heteroatoms. The Kier molecular flexibility index (Phi) is 5.49. The third-order valence-electron chi connectivity index (χ3n) is 4.39. The number of nitrogens with one attached hydrogen (secondary N) is 1. The van der Waals surface area contributed by atoms with Crippen molar-refractivity contribution in [3.8, 4) is 11.5 Å². The van der Waals surface area contributed by atoms with Crippen LogP contribution in [0.5, 0.6) is 11.5 Å². The SMILES string of the molecule is COc1ccc(C(=O)Nc2ccc(OCc3cc(=O)n4cc(C)sc4n3)cc2)cc1. The number of methoxy groups -OCH3 is 1. The molecule has 0 unspecified atom stereocenters. The van der Waals surface area contributed by atoms with E-state index in [0.717, 1.165) is 4.88 Å². The van der Waals surface area contributed by atoms with Gasteiger partial charge in [-0.1, -0.05) is 0 Å². The first-order valence-corrected chi connectivity index (χ1v) is 10.0. The van der Waals surface area contributed by atoms with E-state index < -0.39 is 0 Å². The summed E-state index contributed by atoms with van der Waals surface area (Å²) in [5.74, 6) is 1.09. The van der Waals surface area contributed by atoms with E-state index >= 15 is 0 Å². The summed E-state index contributed by atoms with van der Waals surface area (Å²) < 4.78 is 12.4. The van der Waals surface area contributed by atoms with Crippen molar-refractivity contribution < 1.29 is 14.3 Å². The summed E-state index contributed by atoms with van der Waals surface area (Å²) in [6, 6.07) is 15.4. The number of thiazole rings is 1. The van der Waals surface area contributed by atoms with Crippen LogP contribution in [0.1, 0.15) is 20.9 Å². The van der Waals surface area contributed by atoms with Crippen molar-refractivity contribution in [2.75, 3.05) is 12.4 Å². The van der Waals surface area contributed by atoms with Gasteiger partial charge < -0.3 is 14.8 Å². The first-order chi connectivity index (χ1) is 14.5. The van der Waals surface area contributed by atoms with Crippen molar-refractivity contribution in [1.29, 1.82) is 0 Å². The van der Waals surface area contributed by atoms with Crippen molar-refractivity contribution in [2.45, 2.75) is 13.5 Å². The van der Waals surface area contributed by atoms with E-state index in [-0.39, 0.29) is 18.1 Å². The van der Waals surface area contributed by atoms with Crippen LogP contribution in [0, 0.1) is 6.92 Å². The lowest BCUT2D eigenvalue weighted by Gasteiger charge is -2.09. The maximum atomic E-state index is 12.3. The Morgan fingerprint density at radius 1 is 1.10 bits per heavy atom. The molecule has 0 radical (unpaired) electrons. The Hall–Kier alpha value is -3.65. The molecule has 1 N–H and O–H groups in total. The van der Waals surface area contributed by atoms with E-state index in [1.807, 2.05) is 6.92 Å². The third-order valence-corrected chi connectivity index (χ3v) is 5.29. The molecule has 152 valence electrons. The zero-order valence-electron chi connectivity index (χ0n) is 16.4. The number of anilines is 1. The van der Waals surface area contributed by atoms with Gasteiger partial charge in [-0.15, -0.1) is 11.3 Å². The van der Waals surface area contributed by atoms with Crippen LogP contribution < -0.4 is 20.3 Å². The molecular weight excluding hydrogens is 402 g/mol. The highest BCUT2D eigenvalue weighted by atomic mass is 32.1. The largest absolute Gasteiger partial charge is 0.497 e. The molecule has 0 aliphatic carbocycles. The van der Waals surface area contributed by atoms with Gasteiger partial charge in [0.25, 0.3) is 11.5 Å². The molecule has 2 aromatic carbocycles. The number of hydrogen-bond donors (Lipinski definition) is 1. The Labute approximate surface area is 176 Å². The minimum Gasteiger partial charge on any atom is -0.497 e. The first kappa shape index (κ1) is 19.7. The smallest absolute Gasteiger partial charge is 0.258 e. The molecule has 0 atom stereocenters. The fraction of sp³-hybridized carbons (Fsp3) is 0.136. The Morgan fingerprint density at radius 2 is 1.80 bits per heavy atom. The number of carbonyl (C=O) groups is 1. The molecule has 30 heavy (non-hydrogen) atoms. The molecule has 0 spiro atoms. The summed E-state index contributed by atoms with van der Waals surface area (Å²) in [6.45, 7) is 2.12. The molecule has 1 amide bonds. The highest BCUT2D eigenvalue weighted by Gasteiger charge is 2.08. The number of carbonyl (C=O) groups excluding carboxylic acids is 1. The fourth-order valence-electron chi connectivity index (χ4n) is 2.87. The van der Waals surface area contributed by atoms with Gasteiger partial charge >= 0.3 is 0 Å². The number of aromatic nitrogens is 2. The molecule has 0 saturated carbocycles. The molecule has 0 aliphatic rings. The van der Waals surface area contributed by atoms with Crippen LogP contribution in [0.4, 0.5) is 5.69 Å². The van der Waals surface area contributed by atoms with Crippen LogP contribution in [0.15, 0.2) is 65.6 Å². The normalized spacial score (nSPS) is 10.7. The number of hydrogen-bond acceptors (Lipinski definition) is 6. The quantitative estimate of drug-likeness (QED) is 0.511. The van der Waals surface area contributed by atoms with Gasteiger partial charge in [0.2, 0.25) is 0 Å². The number of rotatable bonds is 6. The minimum atomic E-state index is -0.212. The summed E-state index contributed by atoms with van der Waals surface area (Å²) in [5.41, 5.74) is 1.63. The van der Waals surface area contributed by atoms with Crippen LogP contribution in [-0.4, -0.2) is 22.4 Å². The van der Waals surface area contributed by atoms with Crippen molar-refractivity contribution >= 4 is 27.9 Å². The van der Waals surface area contributed by atoms with Gasteiger partial charge in [0.15, 0.2) is 4.96 Å². The van der Waals surface area contributed by atoms with Crippen molar-refractivity contribution in [3.05, 3.63) is 87.3 Å². The van der Waals surface area contributed by atoms with E-state index in [0.29, 0.717) is 33.4 Å². The predicted molar refractivity (Wildman–Crippen MR) is 116 cm³/mol. The predicted octanol–water partition coefficient (Wildman–Crippen LogP) is 3.90. The molecule has 0 fully saturated rings. The summed E-state index contributed by atoms with van der Waals surface area (Å²) >= 11 is 1.46. The maximum absolute atomic E-state index is 12.3. The van der Waals surface area contributed by atoms with Gasteiger partial charge in [0.05, 0.1) is 12.8 Å². The van der Waals surface area contributed by atoms with Crippen molar-refractivity contribution in [1.82, 2.24) is 9.38 Å². The van der Waals surface area contributed by atoms with Crippen LogP contribution in [0.3, 0.4) is 0 Å². The molecule has 4 aromatic rings. The second-order valence-corrected chi connectivity index (χ2v) is 7.79. The van der Waals surface area contributed by atoms with Gasteiger partial charge in [0, 0.05) is 28.4 Å². The number of nitrogens with zero attached hydrogens (tertiary/aromatic N) is 2. The van der Waals surface area contributed by atoms with E-state index in [9.17, 15) is 9.59 Å². The van der Waals surface area contributed by atoms with Crippen molar-refractivity contribution in [2.24, 2.45) is 0 Å². The standard InChI is InChI=1S/C22H19N3O4S/c1-14-12-25-20(26)11-17(24-22(25)30-14)13-29-19-9-5-16(6-10-19)23-21(27)15-3-7-18(28-2)8-4-15/h3-12H,13H2,1-2H3,(H,23,27). The Morgan fingerprint density at radius 3 is 2.50 bits per heavy atom. The summed E-state index contributed by atoms with van der Waals surface area (Å²) in [7, 11) is 1.58. The lowest BCUT2D eigenvalue weighted by Crippen LogP contribution is -2.14. The van der Waals surface area contributed by atoms with E-state index in [4.69, 9.17) is 9.47 Å². The zero-order valence-corrected chi connectivity index (χ0v) is 17.2. The Bertz CT molecular complexity index is 1240. The second kappa shape index (κ2) is 8.38. The lowest BCUT2D eigenvalue weighted by atomic mass is 10.2. The van der Waals surface area contributed by atoms with Gasteiger partial charge in [-0.25, -0.2) is 4.98 Å². The van der Waals surface area contributed by atoms with Gasteiger partial charge in [-0.3, -0.25) is 14.0 Å².